The molecule has 0 aromatic heterocycles. The summed E-state index contributed by atoms with van der Waals surface area (Å²) in [5, 5.41) is 2.40. The van der Waals surface area contributed by atoms with Crippen molar-refractivity contribution >= 4 is 16.7 Å². The number of benzene rings is 3. The van der Waals surface area contributed by atoms with Gasteiger partial charge in [-0.25, -0.2) is 0 Å². The molecule has 0 bridgehead atoms. The molecule has 0 spiro atoms. The summed E-state index contributed by atoms with van der Waals surface area (Å²) in [6, 6.07) is 27.0. The Labute approximate surface area is 156 Å². The third kappa shape index (κ3) is 4.09. The van der Waals surface area contributed by atoms with E-state index in [0.29, 0.717) is 16.9 Å². The maximum absolute atomic E-state index is 13.5. The molecular weight excluding hydrogens is 342 g/mol. The Kier molecular flexibility index (Phi) is 5.97. The minimum atomic E-state index is -1.37. The highest BCUT2D eigenvalue weighted by molar-refractivity contribution is 7.85. The Balaban J connectivity index is 2.02. The van der Waals surface area contributed by atoms with Gasteiger partial charge in [-0.05, 0) is 29.7 Å². The van der Waals surface area contributed by atoms with Gasteiger partial charge in [0.1, 0.15) is 0 Å². The maximum atomic E-state index is 13.5. The molecule has 1 amide bonds. The second kappa shape index (κ2) is 8.59. The van der Waals surface area contributed by atoms with E-state index in [1.165, 1.54) is 0 Å². The molecule has 0 saturated carbocycles. The number of nitrogens with one attached hydrogen (secondary N) is 1. The third-order valence-corrected chi connectivity index (χ3v) is 6.01. The molecule has 0 aliphatic rings. The van der Waals surface area contributed by atoms with Gasteiger partial charge in [0, 0.05) is 7.05 Å². The van der Waals surface area contributed by atoms with E-state index >= 15 is 0 Å². The lowest BCUT2D eigenvalue weighted by Crippen LogP contribution is -2.21. The van der Waals surface area contributed by atoms with Gasteiger partial charge in [0.05, 0.1) is 26.5 Å². The van der Waals surface area contributed by atoms with Crippen molar-refractivity contribution in [3.05, 3.63) is 102 Å². The van der Waals surface area contributed by atoms with Crippen molar-refractivity contribution in [2.45, 2.75) is 16.6 Å². The molecule has 3 nitrogen and oxygen atoms in total. The van der Waals surface area contributed by atoms with Crippen LogP contribution in [0.2, 0.25) is 0 Å². The Morgan fingerprint density at radius 2 is 1.46 bits per heavy atom. The van der Waals surface area contributed by atoms with E-state index < -0.39 is 10.8 Å². The van der Waals surface area contributed by atoms with Crippen LogP contribution < -0.4 is 5.32 Å². The van der Waals surface area contributed by atoms with Gasteiger partial charge in [-0.2, -0.15) is 0 Å². The first-order valence-electron chi connectivity index (χ1n) is 8.51. The Morgan fingerprint density at radius 1 is 0.885 bits per heavy atom. The van der Waals surface area contributed by atoms with Gasteiger partial charge < -0.3 is 5.32 Å². The molecule has 1 unspecified atom stereocenters. The smallest absolute Gasteiger partial charge is 0.252 e. The fourth-order valence-corrected chi connectivity index (χ4v) is 4.58. The molecular formula is C22H21NO2S. The topological polar surface area (TPSA) is 46.2 Å². The Bertz CT molecular complexity index is 894. The van der Waals surface area contributed by atoms with Gasteiger partial charge >= 0.3 is 0 Å². The molecule has 0 radical (unpaired) electrons. The van der Waals surface area contributed by atoms with Crippen LogP contribution in [-0.2, 0) is 17.2 Å². The summed E-state index contributed by atoms with van der Waals surface area (Å²) in [6.07, 6.45) is 0.638. The van der Waals surface area contributed by atoms with Crippen LogP contribution in [0.5, 0.6) is 0 Å². The normalized spacial score (nSPS) is 13.0. The van der Waals surface area contributed by atoms with Crippen molar-refractivity contribution in [3.8, 4) is 0 Å². The van der Waals surface area contributed by atoms with Gasteiger partial charge in [-0.1, -0.05) is 72.8 Å². The number of carbonyl (C=O) groups excluding carboxylic acids is 1. The van der Waals surface area contributed by atoms with E-state index in [1.807, 2.05) is 66.7 Å². The minimum absolute atomic E-state index is 0.222. The van der Waals surface area contributed by atoms with Crippen LogP contribution >= 0.6 is 0 Å². The summed E-state index contributed by atoms with van der Waals surface area (Å²) in [5.74, 6) is -0.222. The van der Waals surface area contributed by atoms with Gasteiger partial charge in [-0.15, -0.1) is 0 Å². The molecule has 0 aliphatic heterocycles. The molecule has 132 valence electrons. The van der Waals surface area contributed by atoms with Crippen molar-refractivity contribution in [1.82, 2.24) is 5.32 Å². The van der Waals surface area contributed by atoms with Crippen molar-refractivity contribution in [1.29, 1.82) is 0 Å². The highest BCUT2D eigenvalue weighted by Gasteiger charge is 2.24. The quantitative estimate of drug-likeness (QED) is 0.715. The Hall–Kier alpha value is -2.72. The highest BCUT2D eigenvalue weighted by Crippen LogP contribution is 2.30. The van der Waals surface area contributed by atoms with E-state index in [1.54, 1.807) is 25.2 Å². The van der Waals surface area contributed by atoms with E-state index in [-0.39, 0.29) is 11.2 Å². The molecule has 2 atom stereocenters. The Morgan fingerprint density at radius 3 is 2.12 bits per heavy atom. The van der Waals surface area contributed by atoms with Crippen LogP contribution in [0.25, 0.3) is 0 Å². The molecule has 3 rings (SSSR count). The highest BCUT2D eigenvalue weighted by atomic mass is 32.2. The maximum Gasteiger partial charge on any atom is 0.252 e. The lowest BCUT2D eigenvalue weighted by atomic mass is 10.0. The molecule has 3 aromatic carbocycles. The standard InChI is InChI=1S/C22H21NO2S/c1-23-22(24)19-14-8-9-15-20(19)26(25)21(18-12-6-3-7-13-18)16-17-10-4-2-5-11-17/h2-15,21H,16H2,1H3,(H,23,24)/t21-,26?/m1/s1. The number of carbonyl (C=O) groups is 1. The van der Waals surface area contributed by atoms with Crippen LogP contribution in [0.3, 0.4) is 0 Å². The summed E-state index contributed by atoms with van der Waals surface area (Å²) in [7, 11) is 0.217. The summed E-state index contributed by atoms with van der Waals surface area (Å²) >= 11 is 0. The molecule has 4 heteroatoms. The van der Waals surface area contributed by atoms with Crippen molar-refractivity contribution in [3.63, 3.8) is 0 Å². The summed E-state index contributed by atoms with van der Waals surface area (Å²) < 4.78 is 13.5. The van der Waals surface area contributed by atoms with Gasteiger partial charge in [0.2, 0.25) is 0 Å². The van der Waals surface area contributed by atoms with E-state index in [9.17, 15) is 9.00 Å². The van der Waals surface area contributed by atoms with Gasteiger partial charge in [0.15, 0.2) is 0 Å². The predicted molar refractivity (Wildman–Crippen MR) is 106 cm³/mol. The third-order valence-electron chi connectivity index (χ3n) is 4.27. The fourth-order valence-electron chi connectivity index (χ4n) is 2.93. The predicted octanol–water partition coefficient (Wildman–Crippen LogP) is 4.14. The first-order valence-corrected chi connectivity index (χ1v) is 9.72. The van der Waals surface area contributed by atoms with Crippen molar-refractivity contribution in [2.24, 2.45) is 0 Å². The molecule has 0 fully saturated rings. The van der Waals surface area contributed by atoms with E-state index in [2.05, 4.69) is 5.32 Å². The summed E-state index contributed by atoms with van der Waals surface area (Å²) in [4.78, 5) is 12.8. The van der Waals surface area contributed by atoms with Crippen LogP contribution in [0.1, 0.15) is 26.7 Å². The SMILES string of the molecule is CNC(=O)c1ccccc1S(=O)[C@H](Cc1ccccc1)c1ccccc1. The molecule has 3 aromatic rings. The zero-order valence-electron chi connectivity index (χ0n) is 14.6. The largest absolute Gasteiger partial charge is 0.355 e. The first-order chi connectivity index (χ1) is 12.7. The minimum Gasteiger partial charge on any atom is -0.355 e. The van der Waals surface area contributed by atoms with Crippen molar-refractivity contribution in [2.75, 3.05) is 7.05 Å². The monoisotopic (exact) mass is 363 g/mol. The average Bonchev–Trinajstić information content (AvgIpc) is 2.72. The van der Waals surface area contributed by atoms with E-state index in [0.717, 1.165) is 11.1 Å². The number of amides is 1. The van der Waals surface area contributed by atoms with Crippen LogP contribution in [0, 0.1) is 0 Å². The lowest BCUT2D eigenvalue weighted by molar-refractivity contribution is 0.0960. The second-order valence-electron chi connectivity index (χ2n) is 5.96. The first kappa shape index (κ1) is 18.1. The van der Waals surface area contributed by atoms with Gasteiger partial charge in [-0.3, -0.25) is 9.00 Å². The van der Waals surface area contributed by atoms with Crippen LogP contribution in [0.15, 0.2) is 89.8 Å². The summed E-state index contributed by atoms with van der Waals surface area (Å²) in [6.45, 7) is 0. The van der Waals surface area contributed by atoms with Crippen molar-refractivity contribution < 1.29 is 9.00 Å². The molecule has 0 saturated heterocycles. The van der Waals surface area contributed by atoms with Crippen LogP contribution in [0.4, 0.5) is 0 Å². The number of hydrogen-bond donors (Lipinski definition) is 1. The van der Waals surface area contributed by atoms with Gasteiger partial charge in [0.25, 0.3) is 5.91 Å². The zero-order valence-corrected chi connectivity index (χ0v) is 15.4. The lowest BCUT2D eigenvalue weighted by Gasteiger charge is -2.19. The fraction of sp³-hybridized carbons (Fsp3) is 0.136. The number of rotatable bonds is 6. The molecule has 1 N–H and O–H groups in total. The molecule has 26 heavy (non-hydrogen) atoms. The number of hydrogen-bond acceptors (Lipinski definition) is 2. The second-order valence-corrected chi connectivity index (χ2v) is 7.57. The molecule has 0 heterocycles. The molecule has 0 aliphatic carbocycles. The van der Waals surface area contributed by atoms with Crippen LogP contribution in [-0.4, -0.2) is 17.2 Å². The average molecular weight is 363 g/mol. The zero-order chi connectivity index (χ0) is 18.4. The summed E-state index contributed by atoms with van der Waals surface area (Å²) in [5.41, 5.74) is 2.58. The van der Waals surface area contributed by atoms with E-state index in [4.69, 9.17) is 0 Å².